The normalized spacial score (nSPS) is 11.3. The van der Waals surface area contributed by atoms with Crippen LogP contribution in [-0.2, 0) is 4.84 Å². The largest absolute Gasteiger partial charge is 0.396 e. The number of aromatic nitrogens is 1. The summed E-state index contributed by atoms with van der Waals surface area (Å²) < 4.78 is 0. The molecule has 0 saturated heterocycles. The molecule has 21 heavy (non-hydrogen) atoms. The van der Waals surface area contributed by atoms with E-state index in [1.165, 1.54) is 0 Å². The average molecular weight is 324 g/mol. The van der Waals surface area contributed by atoms with E-state index < -0.39 is 0 Å². The van der Waals surface area contributed by atoms with Gasteiger partial charge in [-0.25, -0.2) is 4.98 Å². The van der Waals surface area contributed by atoms with Gasteiger partial charge in [0, 0.05) is 11.8 Å². The van der Waals surface area contributed by atoms with Gasteiger partial charge in [-0.15, -0.1) is 0 Å². The van der Waals surface area contributed by atoms with Crippen molar-refractivity contribution in [2.45, 2.75) is 13.8 Å². The van der Waals surface area contributed by atoms with Crippen molar-refractivity contribution in [3.05, 3.63) is 52.1 Å². The third-order valence-electron chi connectivity index (χ3n) is 2.71. The Labute approximate surface area is 133 Å². The minimum absolute atomic E-state index is 0.495. The van der Waals surface area contributed by atoms with Crippen molar-refractivity contribution >= 4 is 40.4 Å². The second kappa shape index (κ2) is 7.29. The summed E-state index contributed by atoms with van der Waals surface area (Å²) in [5.74, 6) is 0.675. The number of nitrogens with one attached hydrogen (secondary N) is 1. The Morgan fingerprint density at radius 3 is 2.57 bits per heavy atom. The molecule has 0 bridgehead atoms. The lowest BCUT2D eigenvalue weighted by atomic mass is 10.1. The van der Waals surface area contributed by atoms with E-state index in [1.807, 2.05) is 32.0 Å². The first-order valence-electron chi connectivity index (χ1n) is 6.46. The Hall–Kier alpha value is -1.78. The van der Waals surface area contributed by atoms with Crippen molar-refractivity contribution in [1.29, 1.82) is 0 Å². The first-order valence-corrected chi connectivity index (χ1v) is 7.21. The van der Waals surface area contributed by atoms with Gasteiger partial charge in [-0.3, -0.25) is 0 Å². The number of pyridine rings is 1. The number of rotatable bonds is 5. The minimum atomic E-state index is 0.495. The first kappa shape index (κ1) is 15.6. The predicted octanol–water partition coefficient (Wildman–Crippen LogP) is 4.89. The zero-order valence-electron chi connectivity index (χ0n) is 11.7. The number of hydrogen-bond donors (Lipinski definition) is 1. The molecule has 0 spiro atoms. The van der Waals surface area contributed by atoms with E-state index in [0.29, 0.717) is 33.9 Å². The van der Waals surface area contributed by atoms with Gasteiger partial charge in [-0.1, -0.05) is 34.4 Å². The molecule has 0 saturated carbocycles. The summed E-state index contributed by atoms with van der Waals surface area (Å²) in [5.41, 5.74) is 2.14. The molecule has 1 N–H and O–H groups in total. The average Bonchev–Trinajstić information content (AvgIpc) is 2.49. The van der Waals surface area contributed by atoms with Gasteiger partial charge in [0.25, 0.3) is 0 Å². The molecule has 0 fully saturated rings. The minimum Gasteiger partial charge on any atom is -0.396 e. The van der Waals surface area contributed by atoms with Crippen LogP contribution in [0.5, 0.6) is 0 Å². The van der Waals surface area contributed by atoms with E-state index in [1.54, 1.807) is 18.3 Å². The van der Waals surface area contributed by atoms with Crippen LogP contribution >= 0.6 is 23.2 Å². The molecule has 1 heterocycles. The van der Waals surface area contributed by atoms with Crippen LogP contribution in [0.3, 0.4) is 0 Å². The van der Waals surface area contributed by atoms with E-state index in [4.69, 9.17) is 28.0 Å². The van der Waals surface area contributed by atoms with Crippen molar-refractivity contribution < 1.29 is 4.84 Å². The second-order valence-corrected chi connectivity index (χ2v) is 5.06. The molecule has 1 aromatic carbocycles. The molecule has 1 aromatic heterocycles. The van der Waals surface area contributed by atoms with Gasteiger partial charge in [0.05, 0.1) is 21.4 Å². The standard InChI is InChI=1S/C15H15Cl2N3O/c1-3-21-20-10(2)11-8-12(16)15(13(17)9-11)19-14-6-4-5-7-18-14/h4-9H,3H2,1-2H3,(H,18,19). The molecule has 4 nitrogen and oxygen atoms in total. The highest BCUT2D eigenvalue weighted by molar-refractivity contribution is 6.39. The number of halogens is 2. The van der Waals surface area contributed by atoms with E-state index in [9.17, 15) is 0 Å². The summed E-state index contributed by atoms with van der Waals surface area (Å²) in [6.45, 7) is 4.22. The van der Waals surface area contributed by atoms with Gasteiger partial charge in [0.2, 0.25) is 0 Å². The Morgan fingerprint density at radius 1 is 1.29 bits per heavy atom. The van der Waals surface area contributed by atoms with Crippen LogP contribution in [0.15, 0.2) is 41.7 Å². The van der Waals surface area contributed by atoms with E-state index >= 15 is 0 Å². The molecule has 0 amide bonds. The summed E-state index contributed by atoms with van der Waals surface area (Å²) in [5, 5.41) is 8.07. The molecule has 0 unspecified atom stereocenters. The van der Waals surface area contributed by atoms with Crippen LogP contribution in [0.1, 0.15) is 19.4 Å². The van der Waals surface area contributed by atoms with Gasteiger partial charge in [-0.2, -0.15) is 0 Å². The fourth-order valence-electron chi connectivity index (χ4n) is 1.68. The van der Waals surface area contributed by atoms with Crippen molar-refractivity contribution in [2.75, 3.05) is 11.9 Å². The summed E-state index contributed by atoms with van der Waals surface area (Å²) in [7, 11) is 0. The smallest absolute Gasteiger partial charge is 0.130 e. The molecular formula is C15H15Cl2N3O. The molecule has 110 valence electrons. The molecule has 0 aliphatic heterocycles. The van der Waals surface area contributed by atoms with E-state index in [-0.39, 0.29) is 0 Å². The maximum atomic E-state index is 6.29. The Bertz CT molecular complexity index is 622. The monoisotopic (exact) mass is 323 g/mol. The van der Waals surface area contributed by atoms with Crippen LogP contribution in [0.4, 0.5) is 11.5 Å². The summed E-state index contributed by atoms with van der Waals surface area (Å²) >= 11 is 12.6. The van der Waals surface area contributed by atoms with Crippen LogP contribution in [0.25, 0.3) is 0 Å². The van der Waals surface area contributed by atoms with Gasteiger partial charge in [0.1, 0.15) is 12.4 Å². The highest BCUT2D eigenvalue weighted by atomic mass is 35.5. The number of hydrogen-bond acceptors (Lipinski definition) is 4. The maximum absolute atomic E-state index is 6.29. The topological polar surface area (TPSA) is 46.5 Å². The highest BCUT2D eigenvalue weighted by Crippen LogP contribution is 2.34. The molecule has 0 aliphatic rings. The fourth-order valence-corrected chi connectivity index (χ4v) is 2.26. The van der Waals surface area contributed by atoms with E-state index in [2.05, 4.69) is 15.5 Å². The predicted molar refractivity (Wildman–Crippen MR) is 87.8 cm³/mol. The number of anilines is 2. The molecule has 0 radical (unpaired) electrons. The highest BCUT2D eigenvalue weighted by Gasteiger charge is 2.11. The fraction of sp³-hybridized carbons (Fsp3) is 0.200. The molecule has 0 aliphatic carbocycles. The van der Waals surface area contributed by atoms with E-state index in [0.717, 1.165) is 5.56 Å². The lowest BCUT2D eigenvalue weighted by molar-refractivity contribution is 0.159. The third-order valence-corrected chi connectivity index (χ3v) is 3.30. The van der Waals surface area contributed by atoms with Crippen molar-refractivity contribution in [2.24, 2.45) is 5.16 Å². The molecule has 0 atom stereocenters. The summed E-state index contributed by atoms with van der Waals surface area (Å²) in [4.78, 5) is 9.21. The molecule has 6 heteroatoms. The van der Waals surface area contributed by atoms with Crippen molar-refractivity contribution in [1.82, 2.24) is 4.98 Å². The van der Waals surface area contributed by atoms with Gasteiger partial charge < -0.3 is 10.2 Å². The Balaban J connectivity index is 2.29. The lowest BCUT2D eigenvalue weighted by Gasteiger charge is -2.11. The number of nitrogens with zero attached hydrogens (tertiary/aromatic N) is 2. The summed E-state index contributed by atoms with van der Waals surface area (Å²) in [6.07, 6.45) is 1.69. The van der Waals surface area contributed by atoms with Crippen LogP contribution in [0.2, 0.25) is 10.0 Å². The SMILES string of the molecule is CCON=C(C)c1cc(Cl)c(Nc2ccccn2)c(Cl)c1. The van der Waals surface area contributed by atoms with Crippen molar-refractivity contribution in [3.63, 3.8) is 0 Å². The summed E-state index contributed by atoms with van der Waals surface area (Å²) in [6, 6.07) is 9.13. The zero-order valence-corrected chi connectivity index (χ0v) is 13.2. The van der Waals surface area contributed by atoms with Gasteiger partial charge >= 0.3 is 0 Å². The lowest BCUT2D eigenvalue weighted by Crippen LogP contribution is -2.00. The Morgan fingerprint density at radius 2 is 2.00 bits per heavy atom. The molecular weight excluding hydrogens is 309 g/mol. The molecule has 2 aromatic rings. The second-order valence-electron chi connectivity index (χ2n) is 4.25. The third kappa shape index (κ3) is 4.09. The molecule has 2 rings (SSSR count). The van der Waals surface area contributed by atoms with Gasteiger partial charge in [0.15, 0.2) is 0 Å². The van der Waals surface area contributed by atoms with Crippen LogP contribution < -0.4 is 5.32 Å². The first-order chi connectivity index (χ1) is 10.1. The van der Waals surface area contributed by atoms with Gasteiger partial charge in [-0.05, 0) is 38.1 Å². The number of benzene rings is 1. The Kier molecular flexibility index (Phi) is 5.42. The maximum Gasteiger partial charge on any atom is 0.130 e. The zero-order chi connectivity index (χ0) is 15.2. The number of oxime groups is 1. The van der Waals surface area contributed by atoms with Crippen molar-refractivity contribution in [3.8, 4) is 0 Å². The van der Waals surface area contributed by atoms with Crippen LogP contribution in [-0.4, -0.2) is 17.3 Å². The quantitative estimate of drug-likeness (QED) is 0.629. The van der Waals surface area contributed by atoms with Crippen LogP contribution in [0, 0.1) is 0 Å².